The van der Waals surface area contributed by atoms with Gasteiger partial charge in [0.1, 0.15) is 11.6 Å². The van der Waals surface area contributed by atoms with Gasteiger partial charge in [-0.1, -0.05) is 31.2 Å². The van der Waals surface area contributed by atoms with E-state index in [0.29, 0.717) is 18.7 Å². The summed E-state index contributed by atoms with van der Waals surface area (Å²) in [7, 11) is 0. The van der Waals surface area contributed by atoms with E-state index in [2.05, 4.69) is 5.32 Å². The molecule has 2 aromatic rings. The third-order valence-corrected chi connectivity index (χ3v) is 3.79. The van der Waals surface area contributed by atoms with Crippen LogP contribution in [0.2, 0.25) is 0 Å². The van der Waals surface area contributed by atoms with E-state index in [1.165, 1.54) is 12.1 Å². The Balaban J connectivity index is 1.76. The first kappa shape index (κ1) is 18.0. The van der Waals surface area contributed by atoms with Crippen LogP contribution in [0.4, 0.5) is 4.39 Å². The Morgan fingerprint density at radius 2 is 1.96 bits per heavy atom. The van der Waals surface area contributed by atoms with Crippen molar-refractivity contribution < 1.29 is 13.9 Å². The second kappa shape index (κ2) is 9.06. The Morgan fingerprint density at radius 3 is 2.62 bits per heavy atom. The predicted octanol–water partition coefficient (Wildman–Crippen LogP) is 4.04. The predicted molar refractivity (Wildman–Crippen MR) is 93.6 cm³/mol. The summed E-state index contributed by atoms with van der Waals surface area (Å²) >= 11 is 0. The number of rotatable bonds is 8. The molecule has 1 N–H and O–H groups in total. The summed E-state index contributed by atoms with van der Waals surface area (Å²) in [6, 6.07) is 14.1. The highest BCUT2D eigenvalue weighted by Crippen LogP contribution is 2.15. The van der Waals surface area contributed by atoms with Gasteiger partial charge in [-0.2, -0.15) is 0 Å². The summed E-state index contributed by atoms with van der Waals surface area (Å²) in [6.45, 7) is 4.49. The molecule has 2 rings (SSSR count). The summed E-state index contributed by atoms with van der Waals surface area (Å²) in [5.74, 6) is 0.382. The van der Waals surface area contributed by atoms with E-state index in [9.17, 15) is 9.18 Å². The molecule has 0 fully saturated rings. The van der Waals surface area contributed by atoms with Crippen LogP contribution in [0.3, 0.4) is 0 Å². The molecule has 24 heavy (non-hydrogen) atoms. The molecule has 0 saturated carbocycles. The van der Waals surface area contributed by atoms with Crippen molar-refractivity contribution >= 4 is 5.91 Å². The first-order valence-electron chi connectivity index (χ1n) is 8.34. The fraction of sp³-hybridized carbons (Fsp3) is 0.350. The number of aryl methyl sites for hydroxylation is 2. The van der Waals surface area contributed by atoms with E-state index in [0.717, 1.165) is 24.0 Å². The zero-order valence-electron chi connectivity index (χ0n) is 14.2. The van der Waals surface area contributed by atoms with Gasteiger partial charge in [-0.3, -0.25) is 4.79 Å². The molecule has 0 radical (unpaired) electrons. The van der Waals surface area contributed by atoms with Gasteiger partial charge in [0.15, 0.2) is 6.10 Å². The molecule has 3 nitrogen and oxygen atoms in total. The monoisotopic (exact) mass is 329 g/mol. The van der Waals surface area contributed by atoms with Crippen LogP contribution in [-0.4, -0.2) is 18.6 Å². The quantitative estimate of drug-likeness (QED) is 0.742. The number of hydrogen-bond acceptors (Lipinski definition) is 2. The van der Waals surface area contributed by atoms with Crippen LogP contribution in [0.25, 0.3) is 0 Å². The molecule has 0 aliphatic carbocycles. The van der Waals surface area contributed by atoms with Crippen molar-refractivity contribution in [2.24, 2.45) is 0 Å². The van der Waals surface area contributed by atoms with Crippen molar-refractivity contribution in [1.82, 2.24) is 5.32 Å². The van der Waals surface area contributed by atoms with Gasteiger partial charge in [0.05, 0.1) is 0 Å². The fourth-order valence-corrected chi connectivity index (χ4v) is 2.44. The molecule has 4 heteroatoms. The van der Waals surface area contributed by atoms with Crippen molar-refractivity contribution in [2.45, 2.75) is 39.2 Å². The lowest BCUT2D eigenvalue weighted by Gasteiger charge is -2.17. The van der Waals surface area contributed by atoms with Gasteiger partial charge in [-0.15, -0.1) is 0 Å². The average Bonchev–Trinajstić information content (AvgIpc) is 2.58. The molecule has 0 aromatic heterocycles. The average molecular weight is 329 g/mol. The molecular formula is C20H24FNO2. The van der Waals surface area contributed by atoms with E-state index < -0.39 is 6.10 Å². The first-order chi connectivity index (χ1) is 11.6. The lowest BCUT2D eigenvalue weighted by Crippen LogP contribution is -2.38. The molecular weight excluding hydrogens is 305 g/mol. The highest BCUT2D eigenvalue weighted by atomic mass is 19.1. The number of ether oxygens (including phenoxy) is 1. The van der Waals surface area contributed by atoms with Gasteiger partial charge < -0.3 is 10.1 Å². The molecule has 128 valence electrons. The molecule has 0 spiro atoms. The van der Waals surface area contributed by atoms with Crippen LogP contribution >= 0.6 is 0 Å². The second-order valence-corrected chi connectivity index (χ2v) is 5.85. The molecule has 0 heterocycles. The van der Waals surface area contributed by atoms with E-state index in [1.807, 2.05) is 38.1 Å². The maximum absolute atomic E-state index is 12.8. The van der Waals surface area contributed by atoms with Crippen molar-refractivity contribution in [3.05, 3.63) is 65.5 Å². The number of nitrogens with one attached hydrogen (secondary N) is 1. The Morgan fingerprint density at radius 1 is 1.21 bits per heavy atom. The lowest BCUT2D eigenvalue weighted by molar-refractivity contribution is -0.128. The fourth-order valence-electron chi connectivity index (χ4n) is 2.44. The molecule has 0 saturated heterocycles. The van der Waals surface area contributed by atoms with Gasteiger partial charge in [-0.05, 0) is 61.6 Å². The highest BCUT2D eigenvalue weighted by molar-refractivity contribution is 5.81. The second-order valence-electron chi connectivity index (χ2n) is 5.85. The van der Waals surface area contributed by atoms with E-state index in [-0.39, 0.29) is 11.7 Å². The number of halogens is 1. The zero-order chi connectivity index (χ0) is 17.4. The largest absolute Gasteiger partial charge is 0.481 e. The van der Waals surface area contributed by atoms with Gasteiger partial charge in [0, 0.05) is 6.54 Å². The normalized spacial score (nSPS) is 11.8. The highest BCUT2D eigenvalue weighted by Gasteiger charge is 2.17. The van der Waals surface area contributed by atoms with Crippen molar-refractivity contribution in [3.63, 3.8) is 0 Å². The zero-order valence-corrected chi connectivity index (χ0v) is 14.2. The van der Waals surface area contributed by atoms with Crippen LogP contribution in [0.5, 0.6) is 5.75 Å². The molecule has 1 amide bonds. The summed E-state index contributed by atoms with van der Waals surface area (Å²) in [4.78, 5) is 12.2. The van der Waals surface area contributed by atoms with Gasteiger partial charge in [0.25, 0.3) is 5.91 Å². The summed E-state index contributed by atoms with van der Waals surface area (Å²) < 4.78 is 18.6. The van der Waals surface area contributed by atoms with Gasteiger partial charge in [-0.25, -0.2) is 4.39 Å². The van der Waals surface area contributed by atoms with E-state index >= 15 is 0 Å². The van der Waals surface area contributed by atoms with Gasteiger partial charge >= 0.3 is 0 Å². The summed E-state index contributed by atoms with van der Waals surface area (Å²) in [6.07, 6.45) is 1.73. The molecule has 0 bridgehead atoms. The standard InChI is InChI=1S/C20H24FNO2/c1-3-19(24-18-8-4-6-15(2)14-18)20(23)22-13-5-7-16-9-11-17(21)12-10-16/h4,6,8-12,14,19H,3,5,7,13H2,1-2H3,(H,22,23)/t19-/m1/s1. The molecule has 0 aliphatic rings. The minimum Gasteiger partial charge on any atom is -0.481 e. The molecule has 1 atom stereocenters. The van der Waals surface area contributed by atoms with E-state index in [4.69, 9.17) is 4.74 Å². The Kier molecular flexibility index (Phi) is 6.79. The van der Waals surface area contributed by atoms with Crippen LogP contribution < -0.4 is 10.1 Å². The number of benzene rings is 2. The molecule has 0 unspecified atom stereocenters. The number of hydrogen-bond donors (Lipinski definition) is 1. The van der Waals surface area contributed by atoms with Crippen molar-refractivity contribution in [2.75, 3.05) is 6.54 Å². The summed E-state index contributed by atoms with van der Waals surface area (Å²) in [5.41, 5.74) is 2.16. The number of amides is 1. The third kappa shape index (κ3) is 5.69. The first-order valence-corrected chi connectivity index (χ1v) is 8.34. The van der Waals surface area contributed by atoms with Crippen LogP contribution in [-0.2, 0) is 11.2 Å². The minimum atomic E-state index is -0.488. The maximum atomic E-state index is 12.8. The smallest absolute Gasteiger partial charge is 0.261 e. The van der Waals surface area contributed by atoms with Crippen LogP contribution in [0.1, 0.15) is 30.9 Å². The topological polar surface area (TPSA) is 38.3 Å². The van der Waals surface area contributed by atoms with Crippen molar-refractivity contribution in [3.8, 4) is 5.75 Å². The maximum Gasteiger partial charge on any atom is 0.261 e. The lowest BCUT2D eigenvalue weighted by atomic mass is 10.1. The number of carbonyl (C=O) groups is 1. The van der Waals surface area contributed by atoms with Crippen LogP contribution in [0.15, 0.2) is 48.5 Å². The van der Waals surface area contributed by atoms with Gasteiger partial charge in [0.2, 0.25) is 0 Å². The Hall–Kier alpha value is -2.36. The Bertz CT molecular complexity index is 655. The van der Waals surface area contributed by atoms with E-state index in [1.54, 1.807) is 12.1 Å². The molecule has 0 aliphatic heterocycles. The van der Waals surface area contributed by atoms with Crippen molar-refractivity contribution in [1.29, 1.82) is 0 Å². The molecule has 2 aromatic carbocycles. The van der Waals surface area contributed by atoms with Crippen LogP contribution in [0, 0.1) is 12.7 Å². The number of carbonyl (C=O) groups excluding carboxylic acids is 1. The Labute approximate surface area is 142 Å². The summed E-state index contributed by atoms with van der Waals surface area (Å²) in [5, 5.41) is 2.91. The third-order valence-electron chi connectivity index (χ3n) is 3.79. The SMILES string of the molecule is CC[C@@H](Oc1cccc(C)c1)C(=O)NCCCc1ccc(F)cc1. The minimum absolute atomic E-state index is 0.0990.